The molecule has 0 radical (unpaired) electrons. The minimum absolute atomic E-state index is 0.129. The number of aliphatic hydroxyl groups excluding tert-OH is 1. The van der Waals surface area contributed by atoms with Crippen LogP contribution in [0.3, 0.4) is 0 Å². The molecule has 2 aromatic rings. The molecule has 28 heavy (non-hydrogen) atoms. The second-order valence-electron chi connectivity index (χ2n) is 7.59. The predicted octanol–water partition coefficient (Wildman–Crippen LogP) is 2.90. The molecule has 1 aliphatic rings. The number of halogens is 1. The van der Waals surface area contributed by atoms with E-state index in [1.54, 1.807) is 24.8 Å². The predicted molar refractivity (Wildman–Crippen MR) is 104 cm³/mol. The summed E-state index contributed by atoms with van der Waals surface area (Å²) in [4.78, 5) is 29.0. The van der Waals surface area contributed by atoms with Gasteiger partial charge in [-0.1, -0.05) is 42.5 Å². The summed E-state index contributed by atoms with van der Waals surface area (Å²) >= 11 is 0. The lowest BCUT2D eigenvalue weighted by Gasteiger charge is -2.46. The highest BCUT2D eigenvalue weighted by Crippen LogP contribution is 2.27. The molecule has 148 valence electrons. The van der Waals surface area contributed by atoms with Crippen molar-refractivity contribution in [3.05, 3.63) is 71.5 Å². The largest absolute Gasteiger partial charge is 0.388 e. The molecule has 1 atom stereocenters. The maximum atomic E-state index is 13.4. The average molecular weight is 384 g/mol. The normalized spacial score (nSPS) is 17.5. The van der Waals surface area contributed by atoms with Crippen molar-refractivity contribution < 1.29 is 19.1 Å². The minimum atomic E-state index is -1.11. The van der Waals surface area contributed by atoms with Crippen LogP contribution in [-0.4, -0.2) is 45.3 Å². The van der Waals surface area contributed by atoms with Crippen LogP contribution in [0.25, 0.3) is 0 Å². The Morgan fingerprint density at radius 2 is 1.86 bits per heavy atom. The van der Waals surface area contributed by atoms with Crippen LogP contribution in [0.2, 0.25) is 0 Å². The van der Waals surface area contributed by atoms with Crippen molar-refractivity contribution in [3.63, 3.8) is 0 Å². The summed E-state index contributed by atoms with van der Waals surface area (Å²) < 4.78 is 13.4. The van der Waals surface area contributed by atoms with E-state index in [4.69, 9.17) is 0 Å². The fraction of sp³-hybridized carbons (Fsp3) is 0.364. The smallest absolute Gasteiger partial charge is 0.248 e. The van der Waals surface area contributed by atoms with Gasteiger partial charge < -0.3 is 14.9 Å². The molecule has 1 unspecified atom stereocenters. The number of carbonyl (C=O) groups excluding carboxylic acids is 2. The molecule has 0 saturated carbocycles. The van der Waals surface area contributed by atoms with Gasteiger partial charge in [0.05, 0.1) is 12.5 Å². The van der Waals surface area contributed by atoms with Crippen LogP contribution in [0.5, 0.6) is 0 Å². The third-order valence-corrected chi connectivity index (χ3v) is 5.20. The summed E-state index contributed by atoms with van der Waals surface area (Å²) in [5, 5.41) is 10.3. The van der Waals surface area contributed by atoms with Crippen LogP contribution in [0, 0.1) is 5.82 Å². The summed E-state index contributed by atoms with van der Waals surface area (Å²) in [7, 11) is 0. The molecule has 2 aromatic carbocycles. The lowest BCUT2D eigenvalue weighted by Crippen LogP contribution is -2.64. The second kappa shape index (κ2) is 8.10. The van der Waals surface area contributed by atoms with Crippen molar-refractivity contribution in [1.29, 1.82) is 0 Å². The van der Waals surface area contributed by atoms with Crippen molar-refractivity contribution in [3.8, 4) is 0 Å². The van der Waals surface area contributed by atoms with Crippen LogP contribution in [0.1, 0.15) is 37.5 Å². The molecule has 6 heteroatoms. The molecule has 0 aliphatic carbocycles. The van der Waals surface area contributed by atoms with Gasteiger partial charge in [0.15, 0.2) is 0 Å². The van der Waals surface area contributed by atoms with Gasteiger partial charge in [-0.25, -0.2) is 4.39 Å². The van der Waals surface area contributed by atoms with Crippen molar-refractivity contribution in [2.24, 2.45) is 0 Å². The average Bonchev–Trinajstić information content (AvgIpc) is 2.66. The maximum Gasteiger partial charge on any atom is 0.248 e. The van der Waals surface area contributed by atoms with E-state index in [2.05, 4.69) is 0 Å². The van der Waals surface area contributed by atoms with E-state index in [0.29, 0.717) is 25.2 Å². The van der Waals surface area contributed by atoms with Gasteiger partial charge in [0.1, 0.15) is 11.4 Å². The van der Waals surface area contributed by atoms with Gasteiger partial charge in [-0.15, -0.1) is 0 Å². The zero-order valence-corrected chi connectivity index (χ0v) is 16.1. The van der Waals surface area contributed by atoms with Crippen molar-refractivity contribution in [1.82, 2.24) is 9.80 Å². The second-order valence-corrected chi connectivity index (χ2v) is 7.59. The van der Waals surface area contributed by atoms with Crippen LogP contribution >= 0.6 is 0 Å². The zero-order chi connectivity index (χ0) is 20.3. The SMILES string of the molecule is CC1(C)C(=O)N(Cc2ccccc2)CCN1C(=O)CC(O)c1cccc(F)c1. The number of rotatable bonds is 5. The number of benzene rings is 2. The fourth-order valence-corrected chi connectivity index (χ4v) is 3.60. The third-order valence-electron chi connectivity index (χ3n) is 5.20. The highest BCUT2D eigenvalue weighted by molar-refractivity contribution is 5.92. The Kier molecular flexibility index (Phi) is 5.79. The Balaban J connectivity index is 1.68. The van der Waals surface area contributed by atoms with Gasteiger partial charge in [-0.3, -0.25) is 9.59 Å². The first-order chi connectivity index (χ1) is 13.3. The van der Waals surface area contributed by atoms with Crippen molar-refractivity contribution in [2.45, 2.75) is 38.5 Å². The first-order valence-electron chi connectivity index (χ1n) is 9.36. The van der Waals surface area contributed by atoms with Crippen LogP contribution in [-0.2, 0) is 16.1 Å². The number of piperazine rings is 1. The Hall–Kier alpha value is -2.73. The molecule has 3 rings (SSSR count). The summed E-state index contributed by atoms with van der Waals surface area (Å²) in [6, 6.07) is 15.3. The molecule has 0 bridgehead atoms. The number of hydrogen-bond acceptors (Lipinski definition) is 3. The van der Waals surface area contributed by atoms with Gasteiger partial charge in [0.25, 0.3) is 0 Å². The number of amides is 2. The lowest BCUT2D eigenvalue weighted by molar-refractivity contribution is -0.160. The topological polar surface area (TPSA) is 60.9 Å². The Labute approximate surface area is 164 Å². The first kappa shape index (κ1) is 20.0. The molecule has 1 heterocycles. The monoisotopic (exact) mass is 384 g/mol. The lowest BCUT2D eigenvalue weighted by atomic mass is 9.95. The molecule has 1 saturated heterocycles. The van der Waals surface area contributed by atoms with E-state index < -0.39 is 17.5 Å². The van der Waals surface area contributed by atoms with Crippen molar-refractivity contribution >= 4 is 11.8 Å². The minimum Gasteiger partial charge on any atom is -0.388 e. The van der Waals surface area contributed by atoms with Gasteiger partial charge in [0.2, 0.25) is 11.8 Å². The zero-order valence-electron chi connectivity index (χ0n) is 16.1. The van der Waals surface area contributed by atoms with Gasteiger partial charge in [0, 0.05) is 19.6 Å². The van der Waals surface area contributed by atoms with Crippen LogP contribution in [0.15, 0.2) is 54.6 Å². The quantitative estimate of drug-likeness (QED) is 0.862. The van der Waals surface area contributed by atoms with Crippen LogP contribution < -0.4 is 0 Å². The summed E-state index contributed by atoms with van der Waals surface area (Å²) in [6.45, 7) is 4.76. The molecule has 5 nitrogen and oxygen atoms in total. The highest BCUT2D eigenvalue weighted by Gasteiger charge is 2.44. The van der Waals surface area contributed by atoms with E-state index in [1.807, 2.05) is 30.3 Å². The fourth-order valence-electron chi connectivity index (χ4n) is 3.60. The third kappa shape index (κ3) is 4.22. The van der Waals surface area contributed by atoms with Crippen LogP contribution in [0.4, 0.5) is 4.39 Å². The summed E-state index contributed by atoms with van der Waals surface area (Å²) in [6.07, 6.45) is -1.31. The number of carbonyl (C=O) groups is 2. The summed E-state index contributed by atoms with van der Waals surface area (Å²) in [5.74, 6) is -0.917. The molecule has 2 amide bonds. The van der Waals surface area contributed by atoms with Gasteiger partial charge >= 0.3 is 0 Å². The summed E-state index contributed by atoms with van der Waals surface area (Å²) in [5.41, 5.74) is 0.374. The first-order valence-corrected chi connectivity index (χ1v) is 9.36. The molecule has 0 aromatic heterocycles. The highest BCUT2D eigenvalue weighted by atomic mass is 19.1. The Bertz CT molecular complexity index is 854. The van der Waals surface area contributed by atoms with E-state index in [9.17, 15) is 19.1 Å². The standard InChI is InChI=1S/C22H25FN2O3/c1-22(2)21(28)24(15-16-7-4-3-5-8-16)11-12-25(22)20(27)14-19(26)17-9-6-10-18(23)13-17/h3-10,13,19,26H,11-12,14-15H2,1-2H3. The molecule has 1 aliphatic heterocycles. The van der Waals surface area contributed by atoms with E-state index >= 15 is 0 Å². The van der Waals surface area contributed by atoms with Gasteiger partial charge in [-0.05, 0) is 37.1 Å². The number of nitrogens with zero attached hydrogens (tertiary/aromatic N) is 2. The molecule has 1 fully saturated rings. The Morgan fingerprint density at radius 3 is 2.54 bits per heavy atom. The van der Waals surface area contributed by atoms with E-state index in [0.717, 1.165) is 5.56 Å². The van der Waals surface area contributed by atoms with E-state index in [1.165, 1.54) is 23.1 Å². The molecule has 1 N–H and O–H groups in total. The molecular formula is C22H25FN2O3. The Morgan fingerprint density at radius 1 is 1.14 bits per heavy atom. The maximum absolute atomic E-state index is 13.4. The van der Waals surface area contributed by atoms with Crippen molar-refractivity contribution in [2.75, 3.05) is 13.1 Å². The number of aliphatic hydroxyl groups is 1. The molecular weight excluding hydrogens is 359 g/mol. The van der Waals surface area contributed by atoms with E-state index in [-0.39, 0.29) is 18.2 Å². The van der Waals surface area contributed by atoms with Gasteiger partial charge in [-0.2, -0.15) is 0 Å². The molecule has 0 spiro atoms. The number of hydrogen-bond donors (Lipinski definition) is 1.